The van der Waals surface area contributed by atoms with Crippen LogP contribution in [0.4, 0.5) is 0 Å². The molecule has 1 aromatic rings. The van der Waals surface area contributed by atoms with Crippen molar-refractivity contribution in [1.29, 1.82) is 0 Å². The molecule has 1 aromatic carbocycles. The second kappa shape index (κ2) is 9.69. The highest BCUT2D eigenvalue weighted by Gasteiger charge is 2.58. The second-order valence-corrected chi connectivity index (χ2v) is 11.4. The number of fused-ring (bicyclic) bond motifs is 1. The summed E-state index contributed by atoms with van der Waals surface area (Å²) in [6.07, 6.45) is 5.36. The van der Waals surface area contributed by atoms with Crippen molar-refractivity contribution >= 4 is 34.2 Å². The number of halogens is 1. The molecule has 3 heterocycles. The number of amides is 2. The smallest absolute Gasteiger partial charge is 0.254 e. The molecule has 3 aliphatic rings. The van der Waals surface area contributed by atoms with Crippen molar-refractivity contribution in [2.24, 2.45) is 11.8 Å². The Balaban J connectivity index is 0.00000289. The van der Waals surface area contributed by atoms with E-state index in [1.165, 1.54) is 24.8 Å². The predicted molar refractivity (Wildman–Crippen MR) is 126 cm³/mol. The molecule has 3 aliphatic heterocycles. The van der Waals surface area contributed by atoms with Gasteiger partial charge < -0.3 is 4.90 Å². The van der Waals surface area contributed by atoms with Gasteiger partial charge in [-0.3, -0.25) is 14.5 Å². The minimum Gasteiger partial charge on any atom is -0.333 e. The number of nitrogens with zero attached hydrogens (tertiary/aromatic N) is 3. The van der Waals surface area contributed by atoms with Crippen molar-refractivity contribution in [1.82, 2.24) is 14.1 Å². The lowest BCUT2D eigenvalue weighted by molar-refractivity contribution is -0.129. The van der Waals surface area contributed by atoms with E-state index in [1.807, 2.05) is 38.1 Å². The maximum absolute atomic E-state index is 13.4. The number of sulfonamides is 1. The first-order valence-electron chi connectivity index (χ1n) is 11.3. The van der Waals surface area contributed by atoms with Gasteiger partial charge in [0, 0.05) is 18.7 Å². The van der Waals surface area contributed by atoms with Gasteiger partial charge in [0.1, 0.15) is 0 Å². The van der Waals surface area contributed by atoms with Crippen LogP contribution in [0, 0.1) is 11.8 Å². The molecular weight excluding hydrogens is 450 g/mol. The quantitative estimate of drug-likeness (QED) is 0.643. The number of hydrogen-bond donors (Lipinski definition) is 0. The highest BCUT2D eigenvalue weighted by atomic mass is 35.5. The highest BCUT2D eigenvalue weighted by Crippen LogP contribution is 2.41. The molecule has 32 heavy (non-hydrogen) atoms. The number of carbonyl (C=O) groups excluding carboxylic acids is 2. The first kappa shape index (κ1) is 25.0. The highest BCUT2D eigenvalue weighted by molar-refractivity contribution is 7.88. The van der Waals surface area contributed by atoms with Gasteiger partial charge in [0.05, 0.1) is 24.3 Å². The third-order valence-electron chi connectivity index (χ3n) is 6.98. The van der Waals surface area contributed by atoms with Crippen LogP contribution in [0.2, 0.25) is 0 Å². The molecule has 2 amide bonds. The first-order valence-corrected chi connectivity index (χ1v) is 13.2. The molecular formula is C23H34ClN3O4S. The van der Waals surface area contributed by atoms with Crippen LogP contribution >= 0.6 is 12.4 Å². The van der Waals surface area contributed by atoms with Gasteiger partial charge in [-0.05, 0) is 56.0 Å². The minimum atomic E-state index is -3.66. The van der Waals surface area contributed by atoms with E-state index in [0.29, 0.717) is 18.5 Å². The van der Waals surface area contributed by atoms with E-state index in [2.05, 4.69) is 4.90 Å². The fourth-order valence-corrected chi connectivity index (χ4v) is 6.74. The van der Waals surface area contributed by atoms with Gasteiger partial charge in [0.2, 0.25) is 15.9 Å². The Morgan fingerprint density at radius 1 is 1.06 bits per heavy atom. The van der Waals surface area contributed by atoms with Gasteiger partial charge in [0.15, 0.2) is 0 Å². The molecule has 0 saturated carbocycles. The number of rotatable bonds is 5. The molecule has 3 fully saturated rings. The topological polar surface area (TPSA) is 78.0 Å². The first-order chi connectivity index (χ1) is 14.7. The molecule has 0 bridgehead atoms. The zero-order valence-electron chi connectivity index (χ0n) is 19.1. The molecule has 9 heteroatoms. The van der Waals surface area contributed by atoms with Gasteiger partial charge in [-0.1, -0.05) is 32.4 Å². The summed E-state index contributed by atoms with van der Waals surface area (Å²) in [6, 6.07) is 6.89. The second-order valence-electron chi connectivity index (χ2n) is 9.55. The van der Waals surface area contributed by atoms with Crippen LogP contribution in [0.1, 0.15) is 55.5 Å². The number of piperidine rings is 1. The van der Waals surface area contributed by atoms with Gasteiger partial charge in [0.25, 0.3) is 5.91 Å². The van der Waals surface area contributed by atoms with Crippen LogP contribution in [0.15, 0.2) is 24.3 Å². The van der Waals surface area contributed by atoms with Crippen molar-refractivity contribution < 1.29 is 18.0 Å². The molecule has 0 aliphatic carbocycles. The maximum Gasteiger partial charge on any atom is 0.254 e. The zero-order valence-corrected chi connectivity index (χ0v) is 20.7. The standard InChI is InChI=1S/C23H33N3O4S.ClH/c1-16(2)20-21-19(26(23(20)28)31(3,29)30)11-14-25(21)22(27)18-9-7-17(8-10-18)15-24-12-5-4-6-13-24;/h7-10,16,19-21H,4-6,11-15H2,1-3H3;1H/t19-,20+,21-;/m0./s1. The molecule has 0 spiro atoms. The summed E-state index contributed by atoms with van der Waals surface area (Å²) in [4.78, 5) is 30.5. The Bertz CT molecular complexity index is 944. The van der Waals surface area contributed by atoms with Crippen molar-refractivity contribution in [2.45, 2.75) is 58.2 Å². The Hall–Kier alpha value is -1.64. The van der Waals surface area contributed by atoms with E-state index in [-0.39, 0.29) is 30.1 Å². The predicted octanol–water partition coefficient (Wildman–Crippen LogP) is 2.75. The van der Waals surface area contributed by atoms with Crippen molar-refractivity contribution in [3.8, 4) is 0 Å². The third-order valence-corrected chi connectivity index (χ3v) is 8.15. The Morgan fingerprint density at radius 2 is 1.69 bits per heavy atom. The Morgan fingerprint density at radius 3 is 2.25 bits per heavy atom. The fourth-order valence-electron chi connectivity index (χ4n) is 5.56. The molecule has 3 atom stereocenters. The van der Waals surface area contributed by atoms with Gasteiger partial charge in [-0.15, -0.1) is 12.4 Å². The molecule has 4 rings (SSSR count). The van der Waals surface area contributed by atoms with Gasteiger partial charge >= 0.3 is 0 Å². The summed E-state index contributed by atoms with van der Waals surface area (Å²) >= 11 is 0. The maximum atomic E-state index is 13.4. The minimum absolute atomic E-state index is 0. The van der Waals surface area contributed by atoms with Crippen LogP contribution in [0.3, 0.4) is 0 Å². The molecule has 0 unspecified atom stereocenters. The number of likely N-dealkylation sites (tertiary alicyclic amines) is 2. The number of benzene rings is 1. The van der Waals surface area contributed by atoms with Crippen LogP contribution in [-0.2, 0) is 21.4 Å². The van der Waals surface area contributed by atoms with Crippen LogP contribution in [0.25, 0.3) is 0 Å². The Labute approximate surface area is 197 Å². The Kier molecular flexibility index (Phi) is 7.57. The largest absolute Gasteiger partial charge is 0.333 e. The lowest BCUT2D eigenvalue weighted by Crippen LogP contribution is -2.44. The van der Waals surface area contributed by atoms with Crippen LogP contribution in [-0.4, -0.2) is 72.3 Å². The van der Waals surface area contributed by atoms with E-state index in [0.717, 1.165) is 30.2 Å². The molecule has 178 valence electrons. The third kappa shape index (κ3) is 4.68. The number of carbonyl (C=O) groups is 2. The van der Waals surface area contributed by atoms with Crippen molar-refractivity contribution in [3.05, 3.63) is 35.4 Å². The van der Waals surface area contributed by atoms with E-state index >= 15 is 0 Å². The molecule has 0 N–H and O–H groups in total. The lowest BCUT2D eigenvalue weighted by Gasteiger charge is -2.29. The van der Waals surface area contributed by atoms with E-state index in [9.17, 15) is 18.0 Å². The van der Waals surface area contributed by atoms with E-state index in [4.69, 9.17) is 0 Å². The lowest BCUT2D eigenvalue weighted by atomic mass is 9.88. The van der Waals surface area contributed by atoms with E-state index < -0.39 is 28.0 Å². The summed E-state index contributed by atoms with van der Waals surface area (Å²) in [5, 5.41) is 0. The average molecular weight is 484 g/mol. The van der Waals surface area contributed by atoms with Crippen molar-refractivity contribution in [2.75, 3.05) is 25.9 Å². The van der Waals surface area contributed by atoms with Gasteiger partial charge in [-0.25, -0.2) is 12.7 Å². The SMILES string of the molecule is CC(C)[C@H]1C(=O)N(S(C)(=O)=O)[C@H]2CCN(C(=O)c3ccc(CN4CCCCC4)cc3)[C@H]12.Cl. The zero-order chi connectivity index (χ0) is 22.3. The monoisotopic (exact) mass is 483 g/mol. The van der Waals surface area contributed by atoms with Crippen LogP contribution < -0.4 is 0 Å². The van der Waals surface area contributed by atoms with Crippen molar-refractivity contribution in [3.63, 3.8) is 0 Å². The van der Waals surface area contributed by atoms with Gasteiger partial charge in [-0.2, -0.15) is 0 Å². The summed E-state index contributed by atoms with van der Waals surface area (Å²) < 4.78 is 25.6. The normalized spacial score (nSPS) is 26.4. The molecule has 7 nitrogen and oxygen atoms in total. The van der Waals surface area contributed by atoms with E-state index in [1.54, 1.807) is 4.90 Å². The summed E-state index contributed by atoms with van der Waals surface area (Å²) in [6.45, 7) is 7.45. The average Bonchev–Trinajstić information content (AvgIpc) is 3.24. The summed E-state index contributed by atoms with van der Waals surface area (Å²) in [5.74, 6) is -1.04. The molecule has 0 aromatic heterocycles. The summed E-state index contributed by atoms with van der Waals surface area (Å²) in [7, 11) is -3.66. The molecule has 0 radical (unpaired) electrons. The summed E-state index contributed by atoms with van der Waals surface area (Å²) in [5.41, 5.74) is 1.79. The fraction of sp³-hybridized carbons (Fsp3) is 0.652. The number of hydrogen-bond acceptors (Lipinski definition) is 5. The van der Waals surface area contributed by atoms with Crippen LogP contribution in [0.5, 0.6) is 0 Å². The molecule has 3 saturated heterocycles.